The molecule has 0 aliphatic carbocycles. The van der Waals surface area contributed by atoms with Gasteiger partial charge in [0.15, 0.2) is 0 Å². The highest BCUT2D eigenvalue weighted by molar-refractivity contribution is 5.95. The van der Waals surface area contributed by atoms with E-state index in [0.717, 1.165) is 0 Å². The highest BCUT2D eigenvalue weighted by atomic mass is 16.6. The van der Waals surface area contributed by atoms with Crippen LogP contribution in [0, 0.1) is 0 Å². The molecule has 6 heteroatoms. The summed E-state index contributed by atoms with van der Waals surface area (Å²) in [5, 5.41) is 0. The number of nitrogen functional groups attached to an aromatic ring is 1. The molecule has 96 valence electrons. The third-order valence-corrected chi connectivity index (χ3v) is 2.58. The first-order valence-electron chi connectivity index (χ1n) is 5.43. The van der Waals surface area contributed by atoms with Gasteiger partial charge in [-0.2, -0.15) is 0 Å². The molecule has 1 aromatic rings. The fourth-order valence-corrected chi connectivity index (χ4v) is 1.66. The van der Waals surface area contributed by atoms with Crippen molar-refractivity contribution in [3.63, 3.8) is 0 Å². The van der Waals surface area contributed by atoms with E-state index in [1.54, 1.807) is 12.1 Å². The smallest absolute Gasteiger partial charge is 0.347 e. The van der Waals surface area contributed by atoms with E-state index < -0.39 is 18.0 Å². The number of ether oxygens (including phenoxy) is 3. The molecule has 1 fully saturated rings. The minimum absolute atomic E-state index is 0.192. The van der Waals surface area contributed by atoms with Crippen LogP contribution in [0.2, 0.25) is 0 Å². The Kier molecular flexibility index (Phi) is 3.36. The minimum atomic E-state index is -0.844. The van der Waals surface area contributed by atoms with E-state index in [1.165, 1.54) is 13.2 Å². The summed E-state index contributed by atoms with van der Waals surface area (Å²) in [4.78, 5) is 23.1. The summed E-state index contributed by atoms with van der Waals surface area (Å²) in [7, 11) is 1.44. The molecule has 1 heterocycles. The molecular weight excluding hydrogens is 238 g/mol. The molecule has 0 bridgehead atoms. The van der Waals surface area contributed by atoms with Crippen molar-refractivity contribution in [3.05, 3.63) is 23.8 Å². The topological polar surface area (TPSA) is 87.8 Å². The van der Waals surface area contributed by atoms with Gasteiger partial charge in [-0.3, -0.25) is 0 Å². The number of carbonyl (C=O) groups excluding carboxylic acids is 2. The second kappa shape index (κ2) is 4.95. The van der Waals surface area contributed by atoms with E-state index in [0.29, 0.717) is 17.9 Å². The van der Waals surface area contributed by atoms with E-state index in [9.17, 15) is 9.59 Å². The molecule has 2 rings (SSSR count). The number of methoxy groups -OCH3 is 1. The van der Waals surface area contributed by atoms with Crippen LogP contribution in [0.3, 0.4) is 0 Å². The number of anilines is 1. The van der Waals surface area contributed by atoms with E-state index >= 15 is 0 Å². The third kappa shape index (κ3) is 2.37. The van der Waals surface area contributed by atoms with Crippen LogP contribution in [-0.2, 0) is 14.3 Å². The first-order chi connectivity index (χ1) is 8.61. The van der Waals surface area contributed by atoms with Crippen molar-refractivity contribution in [3.8, 4) is 5.75 Å². The molecule has 1 atom stereocenters. The van der Waals surface area contributed by atoms with Crippen LogP contribution in [0.25, 0.3) is 0 Å². The fourth-order valence-electron chi connectivity index (χ4n) is 1.66. The second-order valence-electron chi connectivity index (χ2n) is 3.81. The summed E-state index contributed by atoms with van der Waals surface area (Å²) in [6.45, 7) is 0.269. The van der Waals surface area contributed by atoms with Gasteiger partial charge in [0, 0.05) is 12.1 Å². The maximum atomic E-state index is 11.9. The second-order valence-corrected chi connectivity index (χ2v) is 3.81. The minimum Gasteiger partial charge on any atom is -0.496 e. The number of esters is 2. The Morgan fingerprint density at radius 2 is 2.28 bits per heavy atom. The molecule has 0 spiro atoms. The highest BCUT2D eigenvalue weighted by Gasteiger charge is 2.31. The molecule has 1 unspecified atom stereocenters. The van der Waals surface area contributed by atoms with Gasteiger partial charge >= 0.3 is 11.9 Å². The van der Waals surface area contributed by atoms with Crippen molar-refractivity contribution >= 4 is 17.6 Å². The lowest BCUT2D eigenvalue weighted by atomic mass is 10.2. The molecular formula is C12H13NO5. The Labute approximate surface area is 104 Å². The van der Waals surface area contributed by atoms with Crippen molar-refractivity contribution in [2.75, 3.05) is 19.5 Å². The number of hydrogen-bond acceptors (Lipinski definition) is 6. The third-order valence-electron chi connectivity index (χ3n) is 2.58. The van der Waals surface area contributed by atoms with Gasteiger partial charge in [-0.05, 0) is 18.2 Å². The van der Waals surface area contributed by atoms with E-state index in [2.05, 4.69) is 0 Å². The predicted octanol–water partition coefficient (Wildman–Crippen LogP) is 0.750. The molecule has 0 amide bonds. The zero-order chi connectivity index (χ0) is 13.1. The Bertz CT molecular complexity index is 485. The fraction of sp³-hybridized carbons (Fsp3) is 0.333. The van der Waals surface area contributed by atoms with E-state index in [-0.39, 0.29) is 12.2 Å². The quantitative estimate of drug-likeness (QED) is 0.630. The van der Waals surface area contributed by atoms with Crippen LogP contribution in [0.4, 0.5) is 5.69 Å². The van der Waals surface area contributed by atoms with Crippen molar-refractivity contribution in [2.24, 2.45) is 0 Å². The Morgan fingerprint density at radius 3 is 2.89 bits per heavy atom. The lowest BCUT2D eigenvalue weighted by Crippen LogP contribution is -2.23. The molecule has 1 aliphatic heterocycles. The van der Waals surface area contributed by atoms with Crippen LogP contribution in [-0.4, -0.2) is 31.8 Å². The monoisotopic (exact) mass is 251 g/mol. The SMILES string of the molecule is COc1ccc(N)cc1C(=O)OC1CCOC1=O. The number of rotatable bonds is 3. The van der Waals surface area contributed by atoms with Crippen LogP contribution < -0.4 is 10.5 Å². The first kappa shape index (κ1) is 12.2. The summed E-state index contributed by atoms with van der Waals surface area (Å²) in [6.07, 6.45) is -0.474. The lowest BCUT2D eigenvalue weighted by molar-refractivity contribution is -0.145. The van der Waals surface area contributed by atoms with E-state index in [1.807, 2.05) is 0 Å². The maximum Gasteiger partial charge on any atom is 0.347 e. The summed E-state index contributed by atoms with van der Waals surface area (Å²) >= 11 is 0. The molecule has 1 aromatic carbocycles. The zero-order valence-corrected chi connectivity index (χ0v) is 9.84. The van der Waals surface area contributed by atoms with Crippen molar-refractivity contribution in [1.29, 1.82) is 0 Å². The average Bonchev–Trinajstić information content (AvgIpc) is 2.75. The Balaban J connectivity index is 2.17. The van der Waals surface area contributed by atoms with Gasteiger partial charge in [0.05, 0.1) is 13.7 Å². The summed E-state index contributed by atoms with van der Waals surface area (Å²) in [5.41, 5.74) is 6.21. The van der Waals surface area contributed by atoms with Gasteiger partial charge in [-0.15, -0.1) is 0 Å². The van der Waals surface area contributed by atoms with Crippen LogP contribution >= 0.6 is 0 Å². The van der Waals surface area contributed by atoms with Crippen LogP contribution in [0.15, 0.2) is 18.2 Å². The number of carbonyl (C=O) groups is 2. The number of cyclic esters (lactones) is 1. The molecule has 0 saturated carbocycles. The lowest BCUT2D eigenvalue weighted by Gasteiger charge is -2.11. The first-order valence-corrected chi connectivity index (χ1v) is 5.43. The maximum absolute atomic E-state index is 11.9. The molecule has 2 N–H and O–H groups in total. The highest BCUT2D eigenvalue weighted by Crippen LogP contribution is 2.23. The number of benzene rings is 1. The molecule has 18 heavy (non-hydrogen) atoms. The Morgan fingerprint density at radius 1 is 1.50 bits per heavy atom. The van der Waals surface area contributed by atoms with Crippen molar-refractivity contribution in [2.45, 2.75) is 12.5 Å². The summed E-state index contributed by atoms with van der Waals surface area (Å²) in [6, 6.07) is 4.62. The van der Waals surface area contributed by atoms with Gasteiger partial charge in [0.25, 0.3) is 0 Å². The predicted molar refractivity (Wildman–Crippen MR) is 62.2 cm³/mol. The molecule has 6 nitrogen and oxygen atoms in total. The molecule has 0 aromatic heterocycles. The standard InChI is InChI=1S/C12H13NO5/c1-16-9-3-2-7(13)6-8(9)11(14)18-10-4-5-17-12(10)15/h2-3,6,10H,4-5,13H2,1H3. The van der Waals surface area contributed by atoms with Gasteiger partial charge in [-0.1, -0.05) is 0 Å². The normalized spacial score (nSPS) is 18.3. The van der Waals surface area contributed by atoms with Crippen molar-refractivity contribution < 1.29 is 23.8 Å². The summed E-state index contributed by atoms with van der Waals surface area (Å²) < 4.78 is 14.8. The Hall–Kier alpha value is -2.24. The van der Waals surface area contributed by atoms with Gasteiger partial charge < -0.3 is 19.9 Å². The summed E-state index contributed by atoms with van der Waals surface area (Å²) in [5.74, 6) is -0.824. The van der Waals surface area contributed by atoms with Crippen LogP contribution in [0.5, 0.6) is 5.75 Å². The van der Waals surface area contributed by atoms with Gasteiger partial charge in [0.1, 0.15) is 11.3 Å². The zero-order valence-electron chi connectivity index (χ0n) is 9.84. The number of nitrogens with two attached hydrogens (primary N) is 1. The average molecular weight is 251 g/mol. The van der Waals surface area contributed by atoms with Crippen LogP contribution in [0.1, 0.15) is 16.8 Å². The van der Waals surface area contributed by atoms with Gasteiger partial charge in [-0.25, -0.2) is 9.59 Å². The van der Waals surface area contributed by atoms with Gasteiger partial charge in [0.2, 0.25) is 6.10 Å². The molecule has 0 radical (unpaired) electrons. The van der Waals surface area contributed by atoms with Crippen molar-refractivity contribution in [1.82, 2.24) is 0 Å². The van der Waals surface area contributed by atoms with E-state index in [4.69, 9.17) is 19.9 Å². The molecule has 1 aliphatic rings. The largest absolute Gasteiger partial charge is 0.496 e. The number of hydrogen-bond donors (Lipinski definition) is 1. The molecule has 1 saturated heterocycles.